The van der Waals surface area contributed by atoms with E-state index in [0.717, 1.165) is 16.0 Å². The van der Waals surface area contributed by atoms with Crippen molar-refractivity contribution < 1.29 is 24.2 Å². The summed E-state index contributed by atoms with van der Waals surface area (Å²) in [6, 6.07) is 16.2. The standard InChI is InChI=1S/C24H20N2O5/c1-14-11-20(25(22(14)27)16-8-3-2-4-9-16)31-13-19-18-12-15-7-5-6-10-17(15)21(18)26(23(19)28)24(29)30/h2-11,13,18,20-21H,12H2,1H3,(H,29,30)/b19-13+. The van der Waals surface area contributed by atoms with Crippen molar-refractivity contribution in [3.63, 3.8) is 0 Å². The molecule has 2 heterocycles. The average Bonchev–Trinajstić information content (AvgIpc) is 3.35. The summed E-state index contributed by atoms with van der Waals surface area (Å²) in [6.45, 7) is 1.71. The maximum Gasteiger partial charge on any atom is 0.414 e. The third-order valence-electron chi connectivity index (χ3n) is 6.12. The fourth-order valence-corrected chi connectivity index (χ4v) is 4.70. The van der Waals surface area contributed by atoms with Gasteiger partial charge in [0, 0.05) is 17.2 Å². The van der Waals surface area contributed by atoms with E-state index in [1.165, 1.54) is 11.2 Å². The molecule has 5 rings (SSSR count). The first-order valence-electron chi connectivity index (χ1n) is 10.0. The van der Waals surface area contributed by atoms with Gasteiger partial charge in [0.05, 0.1) is 17.9 Å². The van der Waals surface area contributed by atoms with Gasteiger partial charge in [0.1, 0.15) is 0 Å². The first kappa shape index (κ1) is 19.1. The molecule has 0 saturated carbocycles. The summed E-state index contributed by atoms with van der Waals surface area (Å²) in [7, 11) is 0. The van der Waals surface area contributed by atoms with Gasteiger partial charge in [-0.25, -0.2) is 9.69 Å². The molecule has 156 valence electrons. The number of carbonyl (C=O) groups excluding carboxylic acids is 2. The Morgan fingerprint density at radius 2 is 1.77 bits per heavy atom. The largest absolute Gasteiger partial charge is 0.474 e. The zero-order valence-electron chi connectivity index (χ0n) is 16.8. The SMILES string of the molecule is CC1=CC(O/C=C2/C(=O)N(C(=O)O)C3c4ccccc4CC23)N(c2ccccc2)C1=O. The Bertz CT molecular complexity index is 1150. The summed E-state index contributed by atoms with van der Waals surface area (Å²) >= 11 is 0. The number of ether oxygens (including phenoxy) is 1. The van der Waals surface area contributed by atoms with Crippen LogP contribution in [-0.2, 0) is 20.7 Å². The quantitative estimate of drug-likeness (QED) is 0.610. The number of imide groups is 1. The zero-order valence-corrected chi connectivity index (χ0v) is 16.8. The minimum atomic E-state index is -1.28. The number of carboxylic acid groups (broad SMARTS) is 1. The second-order valence-electron chi connectivity index (χ2n) is 7.87. The van der Waals surface area contributed by atoms with Crippen LogP contribution in [0.15, 0.2) is 78.1 Å². The fourth-order valence-electron chi connectivity index (χ4n) is 4.70. The van der Waals surface area contributed by atoms with Crippen LogP contribution in [0.2, 0.25) is 0 Å². The summed E-state index contributed by atoms with van der Waals surface area (Å²) in [6.07, 6.45) is 1.61. The number of anilines is 1. The lowest BCUT2D eigenvalue weighted by atomic mass is 9.97. The molecule has 2 aromatic rings. The molecular weight excluding hydrogens is 396 g/mol. The van der Waals surface area contributed by atoms with Crippen LogP contribution in [0.4, 0.5) is 10.5 Å². The van der Waals surface area contributed by atoms with Crippen LogP contribution < -0.4 is 4.90 Å². The highest BCUT2D eigenvalue weighted by atomic mass is 16.5. The van der Waals surface area contributed by atoms with Crippen LogP contribution in [0.5, 0.6) is 0 Å². The van der Waals surface area contributed by atoms with Gasteiger partial charge in [0.15, 0.2) is 6.23 Å². The van der Waals surface area contributed by atoms with Gasteiger partial charge < -0.3 is 9.84 Å². The number of fused-ring (bicyclic) bond motifs is 3. The highest BCUT2D eigenvalue weighted by Crippen LogP contribution is 2.49. The van der Waals surface area contributed by atoms with Crippen molar-refractivity contribution >= 4 is 23.6 Å². The van der Waals surface area contributed by atoms with Gasteiger partial charge in [-0.15, -0.1) is 0 Å². The maximum absolute atomic E-state index is 13.0. The lowest BCUT2D eigenvalue weighted by molar-refractivity contribution is -0.124. The first-order chi connectivity index (χ1) is 15.0. The van der Waals surface area contributed by atoms with Gasteiger partial charge in [0.25, 0.3) is 11.8 Å². The molecule has 2 aromatic carbocycles. The Balaban J connectivity index is 1.47. The number of likely N-dealkylation sites (tertiary alicyclic amines) is 1. The van der Waals surface area contributed by atoms with Gasteiger partial charge in [-0.2, -0.15) is 0 Å². The van der Waals surface area contributed by atoms with Crippen molar-refractivity contribution in [2.45, 2.75) is 25.6 Å². The molecule has 3 unspecified atom stereocenters. The van der Waals surface area contributed by atoms with Gasteiger partial charge in [-0.3, -0.25) is 14.5 Å². The van der Waals surface area contributed by atoms with Crippen molar-refractivity contribution in [1.29, 1.82) is 0 Å². The molecule has 3 atom stereocenters. The van der Waals surface area contributed by atoms with Gasteiger partial charge in [0.2, 0.25) is 0 Å². The Kier molecular flexibility index (Phi) is 4.39. The summed E-state index contributed by atoms with van der Waals surface area (Å²) in [5.74, 6) is -1.06. The average molecular weight is 416 g/mol. The van der Waals surface area contributed by atoms with Crippen LogP contribution in [0.25, 0.3) is 0 Å². The van der Waals surface area contributed by atoms with E-state index in [2.05, 4.69) is 0 Å². The van der Waals surface area contributed by atoms with Crippen LogP contribution >= 0.6 is 0 Å². The van der Waals surface area contributed by atoms with Gasteiger partial charge in [-0.1, -0.05) is 42.5 Å². The van der Waals surface area contributed by atoms with E-state index in [9.17, 15) is 19.5 Å². The Morgan fingerprint density at radius 3 is 2.52 bits per heavy atom. The molecule has 3 aliphatic rings. The first-order valence-corrected chi connectivity index (χ1v) is 10.0. The number of nitrogens with zero attached hydrogens (tertiary/aromatic N) is 2. The smallest absolute Gasteiger partial charge is 0.414 e. The summed E-state index contributed by atoms with van der Waals surface area (Å²) < 4.78 is 5.93. The molecule has 0 bridgehead atoms. The molecule has 1 N–H and O–H groups in total. The van der Waals surface area contributed by atoms with Crippen molar-refractivity contribution in [3.8, 4) is 0 Å². The van der Waals surface area contributed by atoms with Crippen LogP contribution in [0.3, 0.4) is 0 Å². The van der Waals surface area contributed by atoms with E-state index in [4.69, 9.17) is 4.74 Å². The lowest BCUT2D eigenvalue weighted by Gasteiger charge is -2.24. The van der Waals surface area contributed by atoms with Crippen molar-refractivity contribution in [2.24, 2.45) is 5.92 Å². The number of hydrogen-bond acceptors (Lipinski definition) is 4. The molecule has 0 aromatic heterocycles. The van der Waals surface area contributed by atoms with Crippen molar-refractivity contribution in [2.75, 3.05) is 4.90 Å². The molecule has 3 amide bonds. The fraction of sp³-hybridized carbons (Fsp3) is 0.208. The number of carbonyl (C=O) groups is 3. The zero-order chi connectivity index (χ0) is 21.7. The molecule has 2 aliphatic heterocycles. The molecule has 31 heavy (non-hydrogen) atoms. The predicted octanol–water partition coefficient (Wildman–Crippen LogP) is 3.64. The van der Waals surface area contributed by atoms with E-state index >= 15 is 0 Å². The van der Waals surface area contributed by atoms with Crippen LogP contribution in [-0.4, -0.2) is 34.1 Å². The molecule has 1 saturated heterocycles. The van der Waals surface area contributed by atoms with Crippen LogP contribution in [0, 0.1) is 5.92 Å². The maximum atomic E-state index is 13.0. The summed E-state index contributed by atoms with van der Waals surface area (Å²) in [5.41, 5.74) is 3.41. The van der Waals surface area contributed by atoms with E-state index in [0.29, 0.717) is 23.3 Å². The minimum Gasteiger partial charge on any atom is -0.474 e. The number of para-hydroxylation sites is 1. The Morgan fingerprint density at radius 1 is 1.06 bits per heavy atom. The van der Waals surface area contributed by atoms with E-state index in [1.807, 2.05) is 54.6 Å². The monoisotopic (exact) mass is 416 g/mol. The molecule has 0 radical (unpaired) electrons. The number of benzene rings is 2. The minimum absolute atomic E-state index is 0.175. The third-order valence-corrected chi connectivity index (χ3v) is 6.12. The molecule has 0 spiro atoms. The summed E-state index contributed by atoms with van der Waals surface area (Å²) in [5, 5.41) is 9.69. The van der Waals surface area contributed by atoms with E-state index in [-0.39, 0.29) is 11.8 Å². The predicted molar refractivity (Wildman–Crippen MR) is 112 cm³/mol. The van der Waals surface area contributed by atoms with E-state index < -0.39 is 24.3 Å². The van der Waals surface area contributed by atoms with Crippen LogP contribution in [0.1, 0.15) is 24.1 Å². The van der Waals surface area contributed by atoms with Crippen molar-refractivity contribution in [3.05, 3.63) is 89.2 Å². The topological polar surface area (TPSA) is 87.2 Å². The molecular formula is C24H20N2O5. The highest BCUT2D eigenvalue weighted by molar-refractivity contribution is 6.08. The van der Waals surface area contributed by atoms with E-state index in [1.54, 1.807) is 13.0 Å². The van der Waals surface area contributed by atoms with Gasteiger partial charge >= 0.3 is 6.09 Å². The lowest BCUT2D eigenvalue weighted by Crippen LogP contribution is -2.35. The third kappa shape index (κ3) is 2.92. The molecule has 7 heteroatoms. The number of rotatable bonds is 3. The summed E-state index contributed by atoms with van der Waals surface area (Å²) in [4.78, 5) is 39.9. The number of amides is 3. The normalized spacial score (nSPS) is 25.6. The second-order valence-corrected chi connectivity index (χ2v) is 7.87. The van der Waals surface area contributed by atoms with Gasteiger partial charge in [-0.05, 0) is 42.7 Å². The second kappa shape index (κ2) is 7.12. The number of hydrogen-bond donors (Lipinski definition) is 1. The Hall–Kier alpha value is -3.87. The molecule has 1 aliphatic carbocycles. The molecule has 1 fully saturated rings. The highest BCUT2D eigenvalue weighted by Gasteiger charge is 2.52. The Labute approximate surface area is 178 Å². The molecule has 7 nitrogen and oxygen atoms in total. The van der Waals surface area contributed by atoms with Crippen molar-refractivity contribution in [1.82, 2.24) is 4.90 Å².